The summed E-state index contributed by atoms with van der Waals surface area (Å²) in [5, 5.41) is 4.92. The fourth-order valence-electron chi connectivity index (χ4n) is 1.25. The van der Waals surface area contributed by atoms with E-state index in [9.17, 15) is 8.42 Å². The van der Waals surface area contributed by atoms with Crippen LogP contribution in [0.25, 0.3) is 0 Å². The minimum absolute atomic E-state index is 0.194. The van der Waals surface area contributed by atoms with Gasteiger partial charge in [-0.3, -0.25) is 0 Å². The lowest BCUT2D eigenvalue weighted by molar-refractivity contribution is -0.178. The van der Waals surface area contributed by atoms with E-state index in [1.165, 1.54) is 0 Å². The predicted octanol–water partition coefficient (Wildman–Crippen LogP) is -0.531. The van der Waals surface area contributed by atoms with Crippen LogP contribution < -0.4 is 5.14 Å². The van der Waals surface area contributed by atoms with Gasteiger partial charge in [0.15, 0.2) is 0 Å². The zero-order valence-electron chi connectivity index (χ0n) is 7.82. The smallest absolute Gasteiger partial charge is 0.211 e. The van der Waals surface area contributed by atoms with E-state index in [4.69, 9.17) is 14.6 Å². The molecule has 0 aromatic carbocycles. The van der Waals surface area contributed by atoms with Crippen molar-refractivity contribution in [3.8, 4) is 0 Å². The van der Waals surface area contributed by atoms with E-state index < -0.39 is 21.7 Å². The fourth-order valence-corrected chi connectivity index (χ4v) is 2.17. The fraction of sp³-hybridized carbons (Fsp3) is 1.00. The van der Waals surface area contributed by atoms with Gasteiger partial charge in [-0.2, -0.15) is 0 Å². The van der Waals surface area contributed by atoms with Crippen LogP contribution in [0.3, 0.4) is 0 Å². The second-order valence-electron chi connectivity index (χ2n) is 3.64. The molecule has 1 atom stereocenters. The summed E-state index contributed by atoms with van der Waals surface area (Å²) in [6, 6.07) is 0. The van der Waals surface area contributed by atoms with Crippen molar-refractivity contribution in [2.45, 2.75) is 25.6 Å². The summed E-state index contributed by atoms with van der Waals surface area (Å²) < 4.78 is 32.3. The molecule has 0 saturated carbocycles. The van der Waals surface area contributed by atoms with Gasteiger partial charge in [0.2, 0.25) is 10.0 Å². The van der Waals surface area contributed by atoms with Crippen LogP contribution in [0.1, 0.15) is 13.8 Å². The number of rotatable bonds is 2. The van der Waals surface area contributed by atoms with Gasteiger partial charge < -0.3 is 9.47 Å². The molecule has 13 heavy (non-hydrogen) atoms. The SMILES string of the molecule is CC1(C)OCCOC1CS(N)(=O)=O. The van der Waals surface area contributed by atoms with Gasteiger partial charge in [0, 0.05) is 0 Å². The average molecular weight is 209 g/mol. The number of hydrogen-bond donors (Lipinski definition) is 1. The van der Waals surface area contributed by atoms with Crippen molar-refractivity contribution >= 4 is 10.0 Å². The van der Waals surface area contributed by atoms with Crippen molar-refractivity contribution in [2.75, 3.05) is 19.0 Å². The van der Waals surface area contributed by atoms with Gasteiger partial charge in [-0.1, -0.05) is 0 Å². The highest BCUT2D eigenvalue weighted by molar-refractivity contribution is 7.89. The second kappa shape index (κ2) is 3.53. The van der Waals surface area contributed by atoms with Crippen LogP contribution >= 0.6 is 0 Å². The first-order chi connectivity index (χ1) is 5.81. The molecule has 0 spiro atoms. The molecular weight excluding hydrogens is 194 g/mol. The summed E-state index contributed by atoms with van der Waals surface area (Å²) in [5.41, 5.74) is -0.579. The monoisotopic (exact) mass is 209 g/mol. The summed E-state index contributed by atoms with van der Waals surface area (Å²) in [5.74, 6) is -0.194. The van der Waals surface area contributed by atoms with E-state index in [2.05, 4.69) is 0 Å². The van der Waals surface area contributed by atoms with Crippen LogP contribution in [-0.4, -0.2) is 39.1 Å². The van der Waals surface area contributed by atoms with Gasteiger partial charge in [0.25, 0.3) is 0 Å². The van der Waals surface area contributed by atoms with Crippen molar-refractivity contribution in [1.82, 2.24) is 0 Å². The third-order valence-electron chi connectivity index (χ3n) is 2.04. The van der Waals surface area contributed by atoms with Gasteiger partial charge in [0.1, 0.15) is 6.10 Å². The van der Waals surface area contributed by atoms with Gasteiger partial charge in [0.05, 0.1) is 24.6 Å². The molecule has 0 radical (unpaired) electrons. The zero-order chi connectivity index (χ0) is 10.1. The first kappa shape index (κ1) is 10.9. The van der Waals surface area contributed by atoms with Crippen LogP contribution in [0.2, 0.25) is 0 Å². The first-order valence-corrected chi connectivity index (χ1v) is 5.79. The van der Waals surface area contributed by atoms with E-state index >= 15 is 0 Å². The number of sulfonamides is 1. The molecule has 1 fully saturated rings. The molecule has 0 bridgehead atoms. The lowest BCUT2D eigenvalue weighted by Gasteiger charge is -2.37. The zero-order valence-corrected chi connectivity index (χ0v) is 8.63. The number of ether oxygens (including phenoxy) is 2. The normalized spacial score (nSPS) is 28.7. The van der Waals surface area contributed by atoms with Gasteiger partial charge in [-0.05, 0) is 13.8 Å². The highest BCUT2D eigenvalue weighted by atomic mass is 32.2. The quantitative estimate of drug-likeness (QED) is 0.663. The van der Waals surface area contributed by atoms with Crippen molar-refractivity contribution < 1.29 is 17.9 Å². The van der Waals surface area contributed by atoms with Crippen LogP contribution in [0, 0.1) is 0 Å². The van der Waals surface area contributed by atoms with Crippen LogP contribution in [0.4, 0.5) is 0 Å². The Hall–Kier alpha value is -0.170. The molecule has 1 heterocycles. The lowest BCUT2D eigenvalue weighted by Crippen LogP contribution is -2.50. The molecule has 1 aliphatic rings. The molecule has 5 nitrogen and oxygen atoms in total. The van der Waals surface area contributed by atoms with Gasteiger partial charge in [-0.25, -0.2) is 13.6 Å². The summed E-state index contributed by atoms with van der Waals surface area (Å²) >= 11 is 0. The molecule has 0 amide bonds. The maximum Gasteiger partial charge on any atom is 0.211 e. The minimum Gasteiger partial charge on any atom is -0.372 e. The van der Waals surface area contributed by atoms with Gasteiger partial charge >= 0.3 is 0 Å². The van der Waals surface area contributed by atoms with Crippen LogP contribution in [0.5, 0.6) is 0 Å². The van der Waals surface area contributed by atoms with Crippen LogP contribution in [-0.2, 0) is 19.5 Å². The third kappa shape index (κ3) is 3.22. The lowest BCUT2D eigenvalue weighted by atomic mass is 10.0. The highest BCUT2D eigenvalue weighted by Crippen LogP contribution is 2.22. The maximum absolute atomic E-state index is 10.8. The molecule has 0 aromatic heterocycles. The van der Waals surface area contributed by atoms with Crippen molar-refractivity contribution in [2.24, 2.45) is 5.14 Å². The number of hydrogen-bond acceptors (Lipinski definition) is 4. The summed E-state index contributed by atoms with van der Waals surface area (Å²) in [4.78, 5) is 0. The van der Waals surface area contributed by atoms with E-state index in [0.29, 0.717) is 13.2 Å². The summed E-state index contributed by atoms with van der Waals surface area (Å²) in [6.07, 6.45) is -0.476. The Morgan fingerprint density at radius 1 is 1.46 bits per heavy atom. The van der Waals surface area contributed by atoms with Gasteiger partial charge in [-0.15, -0.1) is 0 Å². The van der Waals surface area contributed by atoms with E-state index in [1.807, 2.05) is 0 Å². The number of primary sulfonamides is 1. The van der Waals surface area contributed by atoms with E-state index in [1.54, 1.807) is 13.8 Å². The maximum atomic E-state index is 10.8. The molecular formula is C7H15NO4S. The predicted molar refractivity (Wildman–Crippen MR) is 47.7 cm³/mol. The van der Waals surface area contributed by atoms with E-state index in [0.717, 1.165) is 0 Å². The second-order valence-corrected chi connectivity index (χ2v) is 5.30. The Labute approximate surface area is 78.3 Å². The molecule has 2 N–H and O–H groups in total. The summed E-state index contributed by atoms with van der Waals surface area (Å²) in [6.45, 7) is 4.50. The molecule has 1 aliphatic heterocycles. The topological polar surface area (TPSA) is 78.6 Å². The minimum atomic E-state index is -3.50. The Kier molecular flexibility index (Phi) is 2.96. The van der Waals surface area contributed by atoms with Crippen molar-refractivity contribution in [1.29, 1.82) is 0 Å². The highest BCUT2D eigenvalue weighted by Gasteiger charge is 2.36. The standard InChI is InChI=1S/C7H15NO4S/c1-7(2)6(5-13(8,9)10)11-3-4-12-7/h6H,3-5H2,1-2H3,(H2,8,9,10). The first-order valence-electron chi connectivity index (χ1n) is 4.07. The van der Waals surface area contributed by atoms with Crippen LogP contribution in [0.15, 0.2) is 0 Å². The summed E-state index contributed by atoms with van der Waals surface area (Å²) in [7, 11) is -3.50. The Morgan fingerprint density at radius 2 is 2.08 bits per heavy atom. The molecule has 0 aromatic rings. The van der Waals surface area contributed by atoms with E-state index in [-0.39, 0.29) is 5.75 Å². The van der Waals surface area contributed by atoms with Crippen molar-refractivity contribution in [3.63, 3.8) is 0 Å². The Balaban J connectivity index is 2.67. The Bertz CT molecular complexity index is 272. The molecule has 1 saturated heterocycles. The molecule has 1 unspecified atom stereocenters. The largest absolute Gasteiger partial charge is 0.372 e. The molecule has 78 valence electrons. The van der Waals surface area contributed by atoms with Crippen molar-refractivity contribution in [3.05, 3.63) is 0 Å². The molecule has 6 heteroatoms. The molecule has 1 rings (SSSR count). The third-order valence-corrected chi connectivity index (χ3v) is 2.80. The Morgan fingerprint density at radius 3 is 2.54 bits per heavy atom. The average Bonchev–Trinajstić information content (AvgIpc) is 1.91. The molecule has 0 aliphatic carbocycles. The number of nitrogens with two attached hydrogens (primary N) is 1.